The Labute approximate surface area is 255 Å². The largest absolute Gasteiger partial charge is 0.491 e. The molecule has 0 radical (unpaired) electrons. The second-order valence-corrected chi connectivity index (χ2v) is 14.4. The summed E-state index contributed by atoms with van der Waals surface area (Å²) in [5.41, 5.74) is 5.14. The summed E-state index contributed by atoms with van der Waals surface area (Å²) in [5.74, 6) is 0.485. The third-order valence-electron chi connectivity index (χ3n) is 8.79. The van der Waals surface area contributed by atoms with Crippen molar-refractivity contribution in [2.45, 2.75) is 74.8 Å². The molecule has 3 saturated heterocycles. The molecule has 3 N–H and O–H groups in total. The van der Waals surface area contributed by atoms with Crippen LogP contribution in [0.5, 0.6) is 5.75 Å². The van der Waals surface area contributed by atoms with E-state index in [9.17, 15) is 18.5 Å². The average molecular weight is 610 g/mol. The summed E-state index contributed by atoms with van der Waals surface area (Å²) in [4.78, 5) is 15.8. The summed E-state index contributed by atoms with van der Waals surface area (Å²) in [6.07, 6.45) is 2.49. The van der Waals surface area contributed by atoms with Crippen molar-refractivity contribution in [2.24, 2.45) is 5.92 Å². The molecule has 5 rings (SSSR count). The monoisotopic (exact) mass is 609 g/mol. The van der Waals surface area contributed by atoms with E-state index in [1.54, 1.807) is 24.3 Å². The molecular formula is C31H43N7O4S. The molecule has 0 spiro atoms. The van der Waals surface area contributed by atoms with Crippen LogP contribution >= 0.6 is 0 Å². The van der Waals surface area contributed by atoms with E-state index in [1.165, 1.54) is 24.0 Å². The van der Waals surface area contributed by atoms with E-state index in [0.717, 1.165) is 44.6 Å². The quantitative estimate of drug-likeness (QED) is 0.372. The number of hydrogen-bond acceptors (Lipinski definition) is 9. The first-order chi connectivity index (χ1) is 20.5. The van der Waals surface area contributed by atoms with Crippen LogP contribution in [0.4, 0.5) is 5.69 Å². The van der Waals surface area contributed by atoms with Crippen LogP contribution in [0.3, 0.4) is 0 Å². The van der Waals surface area contributed by atoms with Gasteiger partial charge in [0.15, 0.2) is 0 Å². The van der Waals surface area contributed by atoms with Gasteiger partial charge in [-0.05, 0) is 75.1 Å². The molecule has 3 fully saturated rings. The number of fused-ring (bicyclic) bond motifs is 1. The van der Waals surface area contributed by atoms with Gasteiger partial charge in [-0.2, -0.15) is 5.26 Å². The van der Waals surface area contributed by atoms with Gasteiger partial charge in [-0.3, -0.25) is 9.69 Å². The Kier molecular flexibility index (Phi) is 9.29. The number of nitriles is 1. The van der Waals surface area contributed by atoms with Crippen molar-refractivity contribution in [1.29, 1.82) is 5.26 Å². The Morgan fingerprint density at radius 3 is 2.40 bits per heavy atom. The number of benzene rings is 2. The van der Waals surface area contributed by atoms with Gasteiger partial charge in [-0.1, -0.05) is 12.1 Å². The van der Waals surface area contributed by atoms with Crippen molar-refractivity contribution in [3.8, 4) is 11.8 Å². The highest BCUT2D eigenvalue weighted by Gasteiger charge is 2.54. The topological polar surface area (TPSA) is 130 Å². The Hall–Kier alpha value is -3.21. The number of likely N-dealkylation sites (tertiary alicyclic amines) is 1. The molecule has 11 nitrogen and oxygen atoms in total. The third kappa shape index (κ3) is 6.66. The molecule has 3 unspecified atom stereocenters. The lowest BCUT2D eigenvalue weighted by molar-refractivity contribution is -0.128. The molecule has 0 aromatic heterocycles. The fourth-order valence-corrected chi connectivity index (χ4v) is 7.41. The van der Waals surface area contributed by atoms with Crippen molar-refractivity contribution in [3.05, 3.63) is 54.1 Å². The molecule has 0 bridgehead atoms. The molecule has 2 aromatic carbocycles. The maximum Gasteiger partial charge on any atom is 0.242 e. The molecule has 43 heavy (non-hydrogen) atoms. The SMILES string of the molecule is CC(C)Oc1ccc(CN2CCC(CC#N)(N3NC(Nc4ccc(S(=O)(=O)N(C)C)cc4)C4C(=O)NCCC43)CC2)cc1. The molecule has 3 heterocycles. The Morgan fingerprint density at radius 2 is 1.79 bits per heavy atom. The number of carbonyl (C=O) groups is 1. The Balaban J connectivity index is 1.29. The normalized spacial score (nSPS) is 24.4. The molecule has 3 aliphatic heterocycles. The summed E-state index contributed by atoms with van der Waals surface area (Å²) >= 11 is 0. The average Bonchev–Trinajstić information content (AvgIpc) is 3.35. The van der Waals surface area contributed by atoms with Gasteiger partial charge < -0.3 is 15.4 Å². The predicted octanol–water partition coefficient (Wildman–Crippen LogP) is 2.74. The van der Waals surface area contributed by atoms with Crippen molar-refractivity contribution >= 4 is 21.6 Å². The number of piperidine rings is 2. The first-order valence-corrected chi connectivity index (χ1v) is 16.4. The minimum Gasteiger partial charge on any atom is -0.491 e. The number of hydrogen-bond donors (Lipinski definition) is 3. The summed E-state index contributed by atoms with van der Waals surface area (Å²) in [5, 5.41) is 18.6. The minimum absolute atomic E-state index is 0.0232. The lowest BCUT2D eigenvalue weighted by Crippen LogP contribution is -2.62. The Morgan fingerprint density at radius 1 is 1.12 bits per heavy atom. The zero-order chi connectivity index (χ0) is 30.8. The van der Waals surface area contributed by atoms with E-state index in [2.05, 4.69) is 44.2 Å². The zero-order valence-electron chi connectivity index (χ0n) is 25.4. The molecule has 3 atom stereocenters. The van der Waals surface area contributed by atoms with Gasteiger partial charge in [0.2, 0.25) is 15.9 Å². The molecular weight excluding hydrogens is 566 g/mol. The van der Waals surface area contributed by atoms with E-state index in [4.69, 9.17) is 4.74 Å². The first-order valence-electron chi connectivity index (χ1n) is 15.0. The summed E-state index contributed by atoms with van der Waals surface area (Å²) in [6, 6.07) is 17.2. The van der Waals surface area contributed by atoms with Gasteiger partial charge in [0, 0.05) is 52.0 Å². The smallest absolute Gasteiger partial charge is 0.242 e. The summed E-state index contributed by atoms with van der Waals surface area (Å²) < 4.78 is 32.0. The molecule has 12 heteroatoms. The fourth-order valence-electron chi connectivity index (χ4n) is 6.51. The Bertz CT molecular complexity index is 1420. The van der Waals surface area contributed by atoms with Gasteiger partial charge in [-0.15, -0.1) is 0 Å². The predicted molar refractivity (Wildman–Crippen MR) is 164 cm³/mol. The van der Waals surface area contributed by atoms with E-state index < -0.39 is 21.7 Å². The van der Waals surface area contributed by atoms with Gasteiger partial charge >= 0.3 is 0 Å². The van der Waals surface area contributed by atoms with Crippen LogP contribution in [-0.4, -0.2) is 86.1 Å². The van der Waals surface area contributed by atoms with Crippen molar-refractivity contribution in [3.63, 3.8) is 0 Å². The van der Waals surface area contributed by atoms with Crippen LogP contribution in [0.2, 0.25) is 0 Å². The second kappa shape index (κ2) is 12.8. The van der Waals surface area contributed by atoms with Gasteiger partial charge in [0.05, 0.1) is 34.9 Å². The molecule has 0 saturated carbocycles. The van der Waals surface area contributed by atoms with Crippen LogP contribution in [0, 0.1) is 17.2 Å². The standard InChI is InChI=1S/C31H43N7O4S/c1-22(2)42-25-9-5-23(6-10-25)21-37-19-15-31(14-17-32,16-20-37)38-27-13-18-33-30(39)28(27)29(35-38)34-24-7-11-26(12-8-24)43(40,41)36(3)4/h5-12,22,27-29,34-35H,13-16,18-21H2,1-4H3,(H,33,39). The number of rotatable bonds is 10. The third-order valence-corrected chi connectivity index (χ3v) is 10.6. The van der Waals surface area contributed by atoms with Crippen LogP contribution in [0.1, 0.15) is 45.1 Å². The zero-order valence-corrected chi connectivity index (χ0v) is 26.2. The molecule has 2 aromatic rings. The van der Waals surface area contributed by atoms with Crippen LogP contribution in [-0.2, 0) is 21.4 Å². The van der Waals surface area contributed by atoms with Crippen LogP contribution < -0.4 is 20.8 Å². The highest BCUT2D eigenvalue weighted by molar-refractivity contribution is 7.89. The highest BCUT2D eigenvalue weighted by atomic mass is 32.2. The maximum absolute atomic E-state index is 13.2. The lowest BCUT2D eigenvalue weighted by atomic mass is 9.81. The number of amides is 1. The van der Waals surface area contributed by atoms with Gasteiger partial charge in [0.1, 0.15) is 11.9 Å². The van der Waals surface area contributed by atoms with Crippen molar-refractivity contribution in [1.82, 2.24) is 25.0 Å². The molecule has 232 valence electrons. The fraction of sp³-hybridized carbons (Fsp3) is 0.548. The molecule has 0 aliphatic carbocycles. The molecule has 1 amide bonds. The lowest BCUT2D eigenvalue weighted by Gasteiger charge is -2.49. The number of anilines is 1. The number of carbonyl (C=O) groups excluding carboxylic acids is 1. The van der Waals surface area contributed by atoms with Crippen molar-refractivity contribution < 1.29 is 17.9 Å². The van der Waals surface area contributed by atoms with E-state index in [0.29, 0.717) is 18.7 Å². The van der Waals surface area contributed by atoms with E-state index in [1.807, 2.05) is 26.0 Å². The summed E-state index contributed by atoms with van der Waals surface area (Å²) in [7, 11) is -0.535. The van der Waals surface area contributed by atoms with Gasteiger partial charge in [-0.25, -0.2) is 23.2 Å². The number of nitrogens with zero attached hydrogens (tertiary/aromatic N) is 4. The van der Waals surface area contributed by atoms with E-state index in [-0.39, 0.29) is 28.9 Å². The van der Waals surface area contributed by atoms with Crippen molar-refractivity contribution in [2.75, 3.05) is 39.0 Å². The number of sulfonamides is 1. The van der Waals surface area contributed by atoms with Gasteiger partial charge in [0.25, 0.3) is 0 Å². The second-order valence-electron chi connectivity index (χ2n) is 12.3. The molecule has 3 aliphatic rings. The van der Waals surface area contributed by atoms with E-state index >= 15 is 0 Å². The minimum atomic E-state index is -3.54. The number of nitrogens with one attached hydrogen (secondary N) is 3. The number of ether oxygens (including phenoxy) is 1. The highest BCUT2D eigenvalue weighted by Crippen LogP contribution is 2.40. The van der Waals surface area contributed by atoms with Crippen LogP contribution in [0.25, 0.3) is 0 Å². The number of hydrazine groups is 1. The maximum atomic E-state index is 13.2. The first kappa shape index (κ1) is 31.2. The summed E-state index contributed by atoms with van der Waals surface area (Å²) in [6.45, 7) is 7.14. The van der Waals surface area contributed by atoms with Crippen LogP contribution in [0.15, 0.2) is 53.4 Å².